The van der Waals surface area contributed by atoms with Crippen LogP contribution in [0.3, 0.4) is 0 Å². The summed E-state index contributed by atoms with van der Waals surface area (Å²) in [6.07, 6.45) is 6.68. The van der Waals surface area contributed by atoms with Gasteiger partial charge in [0.05, 0.1) is 6.61 Å². The van der Waals surface area contributed by atoms with Gasteiger partial charge in [-0.05, 0) is 25.7 Å². The fraction of sp³-hybridized carbons (Fsp3) is 1.00. The topological polar surface area (TPSA) is 86.6 Å². The van der Waals surface area contributed by atoms with E-state index in [1.54, 1.807) is 0 Å². The molecule has 2 N–H and O–H groups in total. The van der Waals surface area contributed by atoms with E-state index in [0.717, 1.165) is 57.8 Å². The van der Waals surface area contributed by atoms with Crippen LogP contribution < -0.4 is 0 Å². The van der Waals surface area contributed by atoms with E-state index in [4.69, 9.17) is 23.7 Å². The van der Waals surface area contributed by atoms with Gasteiger partial charge in [-0.15, -0.1) is 0 Å². The van der Waals surface area contributed by atoms with Crippen LogP contribution in [0, 0.1) is 0 Å². The molecule has 7 heteroatoms. The van der Waals surface area contributed by atoms with Gasteiger partial charge < -0.3 is 33.9 Å². The molecule has 0 aromatic heterocycles. The molecule has 5 aliphatic rings. The number of ether oxygens (including phenoxy) is 5. The lowest BCUT2D eigenvalue weighted by Crippen LogP contribution is -2.54. The van der Waals surface area contributed by atoms with Crippen molar-refractivity contribution in [2.45, 2.75) is 106 Å². The molecule has 0 unspecified atom stereocenters. The minimum absolute atomic E-state index is 0.304. The summed E-state index contributed by atoms with van der Waals surface area (Å²) >= 11 is 0. The molecular formula is C18H28O7. The summed E-state index contributed by atoms with van der Waals surface area (Å²) < 4.78 is 30.0. The molecular weight excluding hydrogens is 328 g/mol. The average Bonchev–Trinajstić information content (AvgIpc) is 3.22. The zero-order chi connectivity index (χ0) is 17.1. The normalized spacial score (nSPS) is 44.4. The first kappa shape index (κ1) is 16.9. The van der Waals surface area contributed by atoms with Crippen molar-refractivity contribution in [2.24, 2.45) is 0 Å². The quantitative estimate of drug-likeness (QED) is 0.689. The second-order valence-corrected chi connectivity index (χ2v) is 8.27. The van der Waals surface area contributed by atoms with Gasteiger partial charge >= 0.3 is 0 Å². The second-order valence-electron chi connectivity index (χ2n) is 8.27. The fourth-order valence-electron chi connectivity index (χ4n) is 5.15. The highest BCUT2D eigenvalue weighted by Crippen LogP contribution is 2.50. The summed E-state index contributed by atoms with van der Waals surface area (Å²) in [6, 6.07) is 0. The third kappa shape index (κ3) is 2.67. The van der Waals surface area contributed by atoms with Crippen molar-refractivity contribution in [3.8, 4) is 0 Å². The van der Waals surface area contributed by atoms with Crippen LogP contribution in [0.2, 0.25) is 0 Å². The predicted molar refractivity (Wildman–Crippen MR) is 84.2 cm³/mol. The average molecular weight is 356 g/mol. The molecule has 2 spiro atoms. The van der Waals surface area contributed by atoms with E-state index in [1.165, 1.54) is 6.42 Å². The highest BCUT2D eigenvalue weighted by atomic mass is 16.9. The van der Waals surface area contributed by atoms with E-state index >= 15 is 0 Å². The zero-order valence-electron chi connectivity index (χ0n) is 14.5. The molecule has 0 radical (unpaired) electrons. The SMILES string of the molecule is OC1(O)[C@@H]([C@H]2COC3(CCCCC3)O2)O[C@@H]2OC3(CCCCC3)O[C@@H]21. The first-order valence-corrected chi connectivity index (χ1v) is 9.80. The number of fused-ring (bicyclic) bond motifs is 1. The van der Waals surface area contributed by atoms with E-state index in [2.05, 4.69) is 0 Å². The van der Waals surface area contributed by atoms with E-state index in [0.29, 0.717) is 6.61 Å². The standard InChI is InChI=1S/C18H28O7/c19-18(20)13(12-11-21-16(23-12)7-3-1-4-8-16)22-15-14(18)24-17(25-15)9-5-2-6-10-17/h12-15,19-20H,1-11H2/t12-,13-,14+,15-/m1/s1. The second kappa shape index (κ2) is 5.86. The van der Waals surface area contributed by atoms with Crippen molar-refractivity contribution in [1.82, 2.24) is 0 Å². The van der Waals surface area contributed by atoms with Gasteiger partial charge in [0.2, 0.25) is 5.79 Å². The summed E-state index contributed by atoms with van der Waals surface area (Å²) in [5.74, 6) is -3.43. The summed E-state index contributed by atoms with van der Waals surface area (Å²) in [5.41, 5.74) is 0. The van der Waals surface area contributed by atoms with Crippen LogP contribution in [-0.4, -0.2) is 58.8 Å². The van der Waals surface area contributed by atoms with E-state index in [9.17, 15) is 10.2 Å². The molecule has 5 rings (SSSR count). The predicted octanol–water partition coefficient (Wildman–Crippen LogP) is 1.54. The van der Waals surface area contributed by atoms with E-state index in [-0.39, 0.29) is 0 Å². The van der Waals surface area contributed by atoms with Gasteiger partial charge in [0, 0.05) is 25.7 Å². The lowest BCUT2D eigenvalue weighted by atomic mass is 9.94. The third-order valence-corrected chi connectivity index (χ3v) is 6.48. The first-order valence-electron chi connectivity index (χ1n) is 9.80. The molecule has 142 valence electrons. The van der Waals surface area contributed by atoms with Crippen LogP contribution >= 0.6 is 0 Å². The molecule has 3 heterocycles. The summed E-state index contributed by atoms with van der Waals surface area (Å²) in [4.78, 5) is 0. The molecule has 2 aliphatic carbocycles. The molecule has 4 atom stereocenters. The highest BCUT2D eigenvalue weighted by molar-refractivity contribution is 5.04. The number of hydrogen-bond acceptors (Lipinski definition) is 7. The molecule has 0 aromatic carbocycles. The Hall–Kier alpha value is -0.280. The van der Waals surface area contributed by atoms with Crippen molar-refractivity contribution in [3.05, 3.63) is 0 Å². The van der Waals surface area contributed by atoms with Gasteiger partial charge in [-0.25, -0.2) is 0 Å². The smallest absolute Gasteiger partial charge is 0.225 e. The van der Waals surface area contributed by atoms with Crippen LogP contribution in [0.25, 0.3) is 0 Å². The van der Waals surface area contributed by atoms with Crippen molar-refractivity contribution >= 4 is 0 Å². The van der Waals surface area contributed by atoms with Crippen molar-refractivity contribution in [3.63, 3.8) is 0 Å². The lowest BCUT2D eigenvalue weighted by Gasteiger charge is -2.37. The van der Waals surface area contributed by atoms with Gasteiger partial charge in [0.15, 0.2) is 24.0 Å². The Kier molecular flexibility index (Phi) is 3.95. The van der Waals surface area contributed by atoms with Crippen LogP contribution in [0.4, 0.5) is 0 Å². The molecule has 25 heavy (non-hydrogen) atoms. The molecule has 3 saturated heterocycles. The summed E-state index contributed by atoms with van der Waals surface area (Å²) in [5, 5.41) is 21.6. The maximum absolute atomic E-state index is 10.8. The zero-order valence-corrected chi connectivity index (χ0v) is 14.5. The minimum atomic E-state index is -2.14. The summed E-state index contributed by atoms with van der Waals surface area (Å²) in [6.45, 7) is 0.304. The van der Waals surface area contributed by atoms with Crippen LogP contribution in [-0.2, 0) is 23.7 Å². The van der Waals surface area contributed by atoms with Crippen molar-refractivity contribution in [2.75, 3.05) is 6.61 Å². The van der Waals surface area contributed by atoms with Crippen LogP contribution in [0.5, 0.6) is 0 Å². The fourth-order valence-corrected chi connectivity index (χ4v) is 5.15. The Morgan fingerprint density at radius 1 is 0.680 bits per heavy atom. The van der Waals surface area contributed by atoms with Gasteiger partial charge in [-0.2, -0.15) is 0 Å². The van der Waals surface area contributed by atoms with Crippen molar-refractivity contribution < 1.29 is 33.9 Å². The third-order valence-electron chi connectivity index (χ3n) is 6.48. The Morgan fingerprint density at radius 3 is 1.96 bits per heavy atom. The van der Waals surface area contributed by atoms with Crippen LogP contribution in [0.15, 0.2) is 0 Å². The largest absolute Gasteiger partial charge is 0.361 e. The summed E-state index contributed by atoms with van der Waals surface area (Å²) in [7, 11) is 0. The molecule has 2 saturated carbocycles. The monoisotopic (exact) mass is 356 g/mol. The number of hydrogen-bond donors (Lipinski definition) is 2. The maximum Gasteiger partial charge on any atom is 0.225 e. The van der Waals surface area contributed by atoms with Gasteiger partial charge in [0.1, 0.15) is 12.2 Å². The van der Waals surface area contributed by atoms with Gasteiger partial charge in [0.25, 0.3) is 0 Å². The van der Waals surface area contributed by atoms with Gasteiger partial charge in [-0.1, -0.05) is 12.8 Å². The Morgan fingerprint density at radius 2 is 1.32 bits per heavy atom. The van der Waals surface area contributed by atoms with Gasteiger partial charge in [-0.3, -0.25) is 0 Å². The molecule has 3 aliphatic heterocycles. The minimum Gasteiger partial charge on any atom is -0.361 e. The number of aliphatic hydroxyl groups is 2. The van der Waals surface area contributed by atoms with E-state index in [1.807, 2.05) is 0 Å². The molecule has 0 bridgehead atoms. The first-order chi connectivity index (χ1) is 12.0. The Balaban J connectivity index is 1.29. The maximum atomic E-state index is 10.8. The highest BCUT2D eigenvalue weighted by Gasteiger charge is 2.67. The molecule has 5 fully saturated rings. The van der Waals surface area contributed by atoms with E-state index < -0.39 is 42.0 Å². The molecule has 0 aromatic rings. The molecule has 0 amide bonds. The number of rotatable bonds is 1. The van der Waals surface area contributed by atoms with Crippen molar-refractivity contribution in [1.29, 1.82) is 0 Å². The lowest BCUT2D eigenvalue weighted by molar-refractivity contribution is -0.311. The van der Waals surface area contributed by atoms with Crippen LogP contribution in [0.1, 0.15) is 64.2 Å². The Bertz CT molecular complexity index is 510. The molecule has 7 nitrogen and oxygen atoms in total. The Labute approximate surface area is 147 Å².